The van der Waals surface area contributed by atoms with Crippen molar-refractivity contribution in [3.8, 4) is 0 Å². The van der Waals surface area contributed by atoms with E-state index in [4.69, 9.17) is 0 Å². The number of halogens is 1. The van der Waals surface area contributed by atoms with Crippen molar-refractivity contribution in [1.29, 1.82) is 0 Å². The van der Waals surface area contributed by atoms with Gasteiger partial charge in [0, 0.05) is 28.3 Å². The summed E-state index contributed by atoms with van der Waals surface area (Å²) < 4.78 is 0. The van der Waals surface area contributed by atoms with E-state index in [1.54, 1.807) is 18.2 Å². The first-order valence-electron chi connectivity index (χ1n) is 8.29. The van der Waals surface area contributed by atoms with Crippen LogP contribution in [0.3, 0.4) is 0 Å². The van der Waals surface area contributed by atoms with Gasteiger partial charge in [0.2, 0.25) is 0 Å². The fraction of sp³-hybridized carbons (Fsp3) is 0.300. The summed E-state index contributed by atoms with van der Waals surface area (Å²) in [4.78, 5) is 25.7. The molecular weight excluding hydrogens is 366 g/mol. The van der Waals surface area contributed by atoms with Gasteiger partial charge in [-0.25, -0.2) is 0 Å². The summed E-state index contributed by atoms with van der Waals surface area (Å²) in [5, 5.41) is 3.52. The molecule has 1 aliphatic heterocycles. The van der Waals surface area contributed by atoms with Crippen molar-refractivity contribution in [3.63, 3.8) is 0 Å². The molecule has 24 heavy (non-hydrogen) atoms. The van der Waals surface area contributed by atoms with E-state index in [2.05, 4.69) is 5.32 Å². The molecular formula is C20H20BrNO2. The van der Waals surface area contributed by atoms with E-state index in [0.717, 1.165) is 24.9 Å². The summed E-state index contributed by atoms with van der Waals surface area (Å²) in [5.74, 6) is -0.0461. The van der Waals surface area contributed by atoms with E-state index < -0.39 is 0 Å². The molecule has 0 amide bonds. The average Bonchev–Trinajstić information content (AvgIpc) is 2.60. The molecule has 1 heterocycles. The Kier molecular flexibility index (Phi) is 4.97. The quantitative estimate of drug-likeness (QED) is 0.730. The first-order chi connectivity index (χ1) is 11.3. The molecule has 1 unspecified atom stereocenters. The number of rotatable bonds is 2. The minimum Gasteiger partial charge on any atom is -0.314 e. The van der Waals surface area contributed by atoms with Crippen LogP contribution < -0.4 is 5.32 Å². The molecule has 0 aromatic heterocycles. The summed E-state index contributed by atoms with van der Waals surface area (Å²) in [6, 6.07) is 13.2. The lowest BCUT2D eigenvalue weighted by Gasteiger charge is -2.26. The largest absolute Gasteiger partial charge is 0.314 e. The number of carbonyl (C=O) groups is 2. The first kappa shape index (κ1) is 17.1. The van der Waals surface area contributed by atoms with Gasteiger partial charge < -0.3 is 5.32 Å². The number of hydrogen-bond donors (Lipinski definition) is 1. The third-order valence-electron chi connectivity index (χ3n) is 4.92. The Morgan fingerprint density at radius 3 is 2.29 bits per heavy atom. The summed E-state index contributed by atoms with van der Waals surface area (Å²) >= 11 is 0. The van der Waals surface area contributed by atoms with E-state index in [9.17, 15) is 9.59 Å². The highest BCUT2D eigenvalue weighted by atomic mass is 79.9. The lowest BCUT2D eigenvalue weighted by Crippen LogP contribution is -2.36. The van der Waals surface area contributed by atoms with Gasteiger partial charge >= 0.3 is 0 Å². The van der Waals surface area contributed by atoms with Gasteiger partial charge in [-0.1, -0.05) is 48.9 Å². The van der Waals surface area contributed by atoms with Gasteiger partial charge in [0.25, 0.3) is 0 Å². The number of fused-ring (bicyclic) bond motifs is 2. The lowest BCUT2D eigenvalue weighted by atomic mass is 9.80. The van der Waals surface area contributed by atoms with Crippen molar-refractivity contribution < 1.29 is 9.59 Å². The fourth-order valence-corrected chi connectivity index (χ4v) is 3.75. The Bertz CT molecular complexity index is 794. The molecule has 1 fully saturated rings. The molecule has 0 saturated carbocycles. The predicted octanol–water partition coefficient (Wildman–Crippen LogP) is 3.72. The molecule has 124 valence electrons. The van der Waals surface area contributed by atoms with Crippen LogP contribution in [-0.2, 0) is 6.42 Å². The lowest BCUT2D eigenvalue weighted by molar-refractivity contribution is 0.0978. The number of nitrogens with one attached hydrogen (secondary N) is 1. The van der Waals surface area contributed by atoms with Crippen molar-refractivity contribution in [1.82, 2.24) is 5.32 Å². The molecule has 1 aliphatic carbocycles. The summed E-state index contributed by atoms with van der Waals surface area (Å²) in [7, 11) is 0. The highest BCUT2D eigenvalue weighted by molar-refractivity contribution is 8.93. The van der Waals surface area contributed by atoms with Crippen LogP contribution in [0.4, 0.5) is 0 Å². The molecule has 1 N–H and O–H groups in total. The van der Waals surface area contributed by atoms with Gasteiger partial charge in [-0.15, -0.1) is 17.0 Å². The van der Waals surface area contributed by atoms with Gasteiger partial charge in [0.15, 0.2) is 11.6 Å². The summed E-state index contributed by atoms with van der Waals surface area (Å²) in [6.07, 6.45) is 4.38. The summed E-state index contributed by atoms with van der Waals surface area (Å²) in [5.41, 5.74) is 3.23. The fourth-order valence-electron chi connectivity index (χ4n) is 3.75. The normalized spacial score (nSPS) is 19.2. The van der Waals surface area contributed by atoms with Crippen LogP contribution in [0.2, 0.25) is 0 Å². The Morgan fingerprint density at radius 1 is 0.875 bits per heavy atom. The minimum absolute atomic E-state index is 0. The van der Waals surface area contributed by atoms with Crippen LogP contribution in [0.15, 0.2) is 42.5 Å². The Morgan fingerprint density at radius 2 is 1.58 bits per heavy atom. The zero-order valence-corrected chi connectivity index (χ0v) is 15.1. The highest BCUT2D eigenvalue weighted by Crippen LogP contribution is 2.30. The maximum atomic E-state index is 12.9. The van der Waals surface area contributed by atoms with E-state index in [-0.39, 0.29) is 28.5 Å². The van der Waals surface area contributed by atoms with Gasteiger partial charge in [0.05, 0.1) is 0 Å². The van der Waals surface area contributed by atoms with Crippen molar-refractivity contribution in [2.24, 2.45) is 0 Å². The number of piperidine rings is 1. The van der Waals surface area contributed by atoms with Crippen molar-refractivity contribution in [2.45, 2.75) is 31.7 Å². The second-order valence-corrected chi connectivity index (χ2v) is 6.39. The number of carbonyl (C=O) groups excluding carboxylic acids is 2. The second kappa shape index (κ2) is 6.99. The monoisotopic (exact) mass is 385 g/mol. The predicted molar refractivity (Wildman–Crippen MR) is 99.4 cm³/mol. The molecule has 4 rings (SSSR count). The topological polar surface area (TPSA) is 46.2 Å². The molecule has 0 spiro atoms. The zero-order valence-electron chi connectivity index (χ0n) is 13.4. The summed E-state index contributed by atoms with van der Waals surface area (Å²) in [6.45, 7) is 1.04. The molecule has 1 atom stereocenters. The number of benzene rings is 2. The maximum Gasteiger partial charge on any atom is 0.194 e. The van der Waals surface area contributed by atoms with Crippen molar-refractivity contribution >= 4 is 28.5 Å². The molecule has 1 saturated heterocycles. The molecule has 4 heteroatoms. The Labute approximate surface area is 152 Å². The maximum absolute atomic E-state index is 12.9. The van der Waals surface area contributed by atoms with Crippen LogP contribution in [0, 0.1) is 0 Å². The van der Waals surface area contributed by atoms with E-state index in [1.165, 1.54) is 12.8 Å². The molecule has 2 aromatic rings. The Hall–Kier alpha value is -1.78. The van der Waals surface area contributed by atoms with Gasteiger partial charge in [-0.05, 0) is 31.4 Å². The van der Waals surface area contributed by atoms with Crippen LogP contribution in [-0.4, -0.2) is 24.2 Å². The van der Waals surface area contributed by atoms with Crippen molar-refractivity contribution in [3.05, 3.63) is 70.3 Å². The third kappa shape index (κ3) is 2.85. The second-order valence-electron chi connectivity index (χ2n) is 6.39. The molecule has 0 bridgehead atoms. The van der Waals surface area contributed by atoms with Crippen LogP contribution in [0.25, 0.3) is 0 Å². The average molecular weight is 386 g/mol. The molecule has 0 radical (unpaired) electrons. The van der Waals surface area contributed by atoms with Gasteiger partial charge in [-0.3, -0.25) is 9.59 Å². The number of ketones is 2. The Balaban J connectivity index is 0.00000169. The molecule has 2 aliphatic rings. The van der Waals surface area contributed by atoms with E-state index >= 15 is 0 Å². The van der Waals surface area contributed by atoms with Crippen molar-refractivity contribution in [2.75, 3.05) is 6.54 Å². The zero-order chi connectivity index (χ0) is 15.8. The van der Waals surface area contributed by atoms with Crippen LogP contribution in [0.5, 0.6) is 0 Å². The van der Waals surface area contributed by atoms with Gasteiger partial charge in [0.1, 0.15) is 0 Å². The van der Waals surface area contributed by atoms with Crippen LogP contribution in [0.1, 0.15) is 56.7 Å². The standard InChI is InChI=1S/C20H19NO2.BrH/c22-19-15-8-1-2-9-16(15)20(23)18-13(6-5-10-17(18)19)12-14-7-3-4-11-21-14;/h1-2,5-6,8-10,14,21H,3-4,7,11-12H2;1H. The number of hydrogen-bond acceptors (Lipinski definition) is 3. The SMILES string of the molecule is Br.O=C1c2ccccc2C(=O)c2c(CC3CCCCN3)cccc21. The molecule has 3 nitrogen and oxygen atoms in total. The highest BCUT2D eigenvalue weighted by Gasteiger charge is 2.31. The van der Waals surface area contributed by atoms with E-state index in [0.29, 0.717) is 28.3 Å². The molecule has 2 aromatic carbocycles. The third-order valence-corrected chi connectivity index (χ3v) is 4.92. The van der Waals surface area contributed by atoms with Crippen LogP contribution >= 0.6 is 17.0 Å². The first-order valence-corrected chi connectivity index (χ1v) is 8.29. The van der Waals surface area contributed by atoms with E-state index in [1.807, 2.05) is 24.3 Å². The minimum atomic E-state index is -0.0337. The smallest absolute Gasteiger partial charge is 0.194 e. The van der Waals surface area contributed by atoms with Gasteiger partial charge in [-0.2, -0.15) is 0 Å².